The molecule has 0 radical (unpaired) electrons. The van der Waals surface area contributed by atoms with Gasteiger partial charge in [-0.05, 0) is 45.4 Å². The van der Waals surface area contributed by atoms with E-state index in [0.717, 1.165) is 40.7 Å². The minimum atomic E-state index is 0.477. The molecular weight excluding hydrogens is 282 g/mol. The fourth-order valence-electron chi connectivity index (χ4n) is 1.68. The van der Waals surface area contributed by atoms with Gasteiger partial charge in [-0.15, -0.1) is 0 Å². The van der Waals surface area contributed by atoms with Gasteiger partial charge in [0.25, 0.3) is 5.22 Å². The molecule has 0 spiro atoms. The van der Waals surface area contributed by atoms with Crippen LogP contribution in [-0.4, -0.2) is 15.0 Å². The van der Waals surface area contributed by atoms with Crippen LogP contribution in [0.15, 0.2) is 14.7 Å². The number of aryl methyl sites for hydroxylation is 2. The quantitative estimate of drug-likeness (QED) is 0.799. The third kappa shape index (κ3) is 2.62. The van der Waals surface area contributed by atoms with E-state index in [2.05, 4.69) is 15.0 Å². The van der Waals surface area contributed by atoms with E-state index in [1.807, 2.05) is 20.8 Å². The second-order valence-corrected chi connectivity index (χ2v) is 6.10. The van der Waals surface area contributed by atoms with Gasteiger partial charge < -0.3 is 4.42 Å². The average Bonchev–Trinajstić information content (AvgIpc) is 3.14. The van der Waals surface area contributed by atoms with Gasteiger partial charge >= 0.3 is 0 Å². The SMILES string of the molecule is Cc1nc(Sc2nc(C3CC3)nc(Cl)c2C)oc1C. The molecule has 0 unspecified atom stereocenters. The summed E-state index contributed by atoms with van der Waals surface area (Å²) in [5, 5.41) is 1.97. The lowest BCUT2D eigenvalue weighted by Crippen LogP contribution is -1.98. The van der Waals surface area contributed by atoms with E-state index < -0.39 is 0 Å². The Morgan fingerprint density at radius 1 is 1.16 bits per heavy atom. The molecule has 1 saturated carbocycles. The van der Waals surface area contributed by atoms with Crippen molar-refractivity contribution in [2.45, 2.75) is 49.8 Å². The van der Waals surface area contributed by atoms with Crippen LogP contribution in [0.1, 0.15) is 41.6 Å². The maximum Gasteiger partial charge on any atom is 0.262 e. The van der Waals surface area contributed by atoms with Crippen molar-refractivity contribution in [1.29, 1.82) is 0 Å². The van der Waals surface area contributed by atoms with Crippen molar-refractivity contribution in [2.24, 2.45) is 0 Å². The monoisotopic (exact) mass is 295 g/mol. The van der Waals surface area contributed by atoms with Crippen LogP contribution in [0.2, 0.25) is 5.15 Å². The lowest BCUT2D eigenvalue weighted by atomic mass is 10.3. The van der Waals surface area contributed by atoms with Gasteiger partial charge in [0, 0.05) is 11.5 Å². The second-order valence-electron chi connectivity index (χ2n) is 4.80. The van der Waals surface area contributed by atoms with Crippen molar-refractivity contribution >= 4 is 23.4 Å². The van der Waals surface area contributed by atoms with E-state index >= 15 is 0 Å². The Labute approximate surface area is 121 Å². The van der Waals surface area contributed by atoms with Crippen LogP contribution in [0.3, 0.4) is 0 Å². The van der Waals surface area contributed by atoms with Gasteiger partial charge in [0.2, 0.25) is 0 Å². The first-order valence-corrected chi connectivity index (χ1v) is 7.40. The van der Waals surface area contributed by atoms with Crippen molar-refractivity contribution in [3.05, 3.63) is 28.0 Å². The van der Waals surface area contributed by atoms with E-state index in [9.17, 15) is 0 Å². The van der Waals surface area contributed by atoms with E-state index in [-0.39, 0.29) is 0 Å². The zero-order valence-corrected chi connectivity index (χ0v) is 12.6. The second kappa shape index (κ2) is 4.80. The minimum absolute atomic E-state index is 0.477. The van der Waals surface area contributed by atoms with Gasteiger partial charge in [-0.2, -0.15) is 0 Å². The van der Waals surface area contributed by atoms with Gasteiger partial charge in [0.05, 0.1) is 5.69 Å². The number of hydrogen-bond acceptors (Lipinski definition) is 5. The van der Waals surface area contributed by atoms with Gasteiger partial charge in [0.15, 0.2) is 0 Å². The zero-order valence-electron chi connectivity index (χ0n) is 11.0. The van der Waals surface area contributed by atoms with Crippen molar-refractivity contribution in [3.8, 4) is 0 Å². The average molecular weight is 296 g/mol. The fourth-order valence-corrected chi connectivity index (χ4v) is 2.81. The van der Waals surface area contributed by atoms with Crippen molar-refractivity contribution in [2.75, 3.05) is 0 Å². The molecule has 0 saturated heterocycles. The van der Waals surface area contributed by atoms with Crippen LogP contribution < -0.4 is 0 Å². The molecule has 3 rings (SSSR count). The highest BCUT2D eigenvalue weighted by atomic mass is 35.5. The Hall–Kier alpha value is -1.07. The Balaban J connectivity index is 1.94. The van der Waals surface area contributed by atoms with Crippen molar-refractivity contribution < 1.29 is 4.42 Å². The first-order chi connectivity index (χ1) is 9.04. The first-order valence-electron chi connectivity index (χ1n) is 6.20. The summed E-state index contributed by atoms with van der Waals surface area (Å²) in [6, 6.07) is 0. The molecule has 1 fully saturated rings. The summed E-state index contributed by atoms with van der Waals surface area (Å²) >= 11 is 7.59. The zero-order chi connectivity index (χ0) is 13.6. The molecule has 0 atom stereocenters. The molecule has 2 aromatic rings. The highest BCUT2D eigenvalue weighted by Crippen LogP contribution is 2.40. The minimum Gasteiger partial charge on any atom is -0.436 e. The third-order valence-electron chi connectivity index (χ3n) is 3.19. The Morgan fingerprint density at radius 2 is 1.89 bits per heavy atom. The van der Waals surface area contributed by atoms with Crippen LogP contribution in [-0.2, 0) is 0 Å². The third-order valence-corrected chi connectivity index (χ3v) is 4.50. The summed E-state index contributed by atoms with van der Waals surface area (Å²) < 4.78 is 5.58. The molecule has 19 heavy (non-hydrogen) atoms. The van der Waals surface area contributed by atoms with Gasteiger partial charge in [0.1, 0.15) is 21.8 Å². The Bertz CT molecular complexity index is 618. The maximum absolute atomic E-state index is 6.18. The van der Waals surface area contributed by atoms with E-state index in [4.69, 9.17) is 16.0 Å². The molecule has 6 heteroatoms. The van der Waals surface area contributed by atoms with E-state index in [0.29, 0.717) is 16.3 Å². The van der Waals surface area contributed by atoms with E-state index in [1.54, 1.807) is 0 Å². The lowest BCUT2D eigenvalue weighted by Gasteiger charge is -2.06. The molecule has 100 valence electrons. The van der Waals surface area contributed by atoms with Crippen LogP contribution >= 0.6 is 23.4 Å². The summed E-state index contributed by atoms with van der Waals surface area (Å²) in [4.78, 5) is 13.3. The molecule has 1 aliphatic rings. The Kier molecular flexibility index (Phi) is 3.27. The van der Waals surface area contributed by atoms with Crippen LogP contribution in [0.4, 0.5) is 0 Å². The number of aromatic nitrogens is 3. The number of hydrogen-bond donors (Lipinski definition) is 0. The summed E-state index contributed by atoms with van der Waals surface area (Å²) in [6.45, 7) is 5.75. The lowest BCUT2D eigenvalue weighted by molar-refractivity contribution is 0.431. The van der Waals surface area contributed by atoms with Crippen LogP contribution in [0, 0.1) is 20.8 Å². The van der Waals surface area contributed by atoms with E-state index in [1.165, 1.54) is 11.8 Å². The molecule has 0 bridgehead atoms. The van der Waals surface area contributed by atoms with Gasteiger partial charge in [-0.3, -0.25) is 0 Å². The molecule has 1 aliphatic carbocycles. The predicted octanol–water partition coefficient (Wildman–Crippen LogP) is 4.07. The van der Waals surface area contributed by atoms with Crippen LogP contribution in [0.25, 0.3) is 0 Å². The number of oxazole rings is 1. The van der Waals surface area contributed by atoms with Gasteiger partial charge in [-0.25, -0.2) is 15.0 Å². The molecule has 0 amide bonds. The summed E-state index contributed by atoms with van der Waals surface area (Å²) in [7, 11) is 0. The first kappa shape index (κ1) is 12.9. The molecule has 0 aromatic carbocycles. The standard InChI is InChI=1S/C13H14ClN3OS/c1-6-10(14)16-11(9-4-5-9)17-12(6)19-13-15-7(2)8(3)18-13/h9H,4-5H2,1-3H3. The molecule has 2 heterocycles. The highest BCUT2D eigenvalue weighted by molar-refractivity contribution is 7.99. The summed E-state index contributed by atoms with van der Waals surface area (Å²) in [5.41, 5.74) is 1.78. The number of halogens is 1. The number of nitrogens with zero attached hydrogens (tertiary/aromatic N) is 3. The van der Waals surface area contributed by atoms with Gasteiger partial charge in [-0.1, -0.05) is 11.6 Å². The molecule has 0 aliphatic heterocycles. The molecule has 2 aromatic heterocycles. The normalized spacial score (nSPS) is 14.9. The maximum atomic E-state index is 6.18. The molecule has 0 N–H and O–H groups in total. The largest absolute Gasteiger partial charge is 0.436 e. The van der Waals surface area contributed by atoms with Crippen molar-refractivity contribution in [3.63, 3.8) is 0 Å². The summed E-state index contributed by atoms with van der Waals surface area (Å²) in [5.74, 6) is 2.16. The fraction of sp³-hybridized carbons (Fsp3) is 0.462. The summed E-state index contributed by atoms with van der Waals surface area (Å²) in [6.07, 6.45) is 2.31. The smallest absolute Gasteiger partial charge is 0.262 e. The molecule has 4 nitrogen and oxygen atoms in total. The molecular formula is C13H14ClN3OS. The predicted molar refractivity (Wildman–Crippen MR) is 73.9 cm³/mol. The highest BCUT2D eigenvalue weighted by Gasteiger charge is 2.28. The number of rotatable bonds is 3. The topological polar surface area (TPSA) is 51.8 Å². The van der Waals surface area contributed by atoms with Crippen molar-refractivity contribution in [1.82, 2.24) is 15.0 Å². The van der Waals surface area contributed by atoms with Crippen LogP contribution in [0.5, 0.6) is 0 Å². The Morgan fingerprint density at radius 3 is 2.47 bits per heavy atom.